The van der Waals surface area contributed by atoms with Crippen LogP contribution < -0.4 is 4.90 Å². The van der Waals surface area contributed by atoms with Gasteiger partial charge in [0.15, 0.2) is 0 Å². The molecule has 3 aromatic rings. The summed E-state index contributed by atoms with van der Waals surface area (Å²) in [5.74, 6) is -3.51. The number of nitro groups is 1. The maximum atomic E-state index is 14.0. The van der Waals surface area contributed by atoms with Crippen molar-refractivity contribution in [3.05, 3.63) is 104 Å². The van der Waals surface area contributed by atoms with Gasteiger partial charge in [-0.05, 0) is 35.2 Å². The van der Waals surface area contributed by atoms with Crippen LogP contribution in [0.4, 0.5) is 11.4 Å². The van der Waals surface area contributed by atoms with E-state index >= 15 is 0 Å². The summed E-state index contributed by atoms with van der Waals surface area (Å²) in [4.78, 5) is 53.2. The van der Waals surface area contributed by atoms with E-state index in [1.54, 1.807) is 0 Å². The second kappa shape index (κ2) is 6.84. The summed E-state index contributed by atoms with van der Waals surface area (Å²) in [6, 6.07) is 18.6. The van der Waals surface area contributed by atoms with E-state index in [1.165, 1.54) is 19.1 Å². The van der Waals surface area contributed by atoms with E-state index in [0.29, 0.717) is 0 Å². The van der Waals surface area contributed by atoms with Crippen LogP contribution in [-0.2, 0) is 19.8 Å². The quantitative estimate of drug-likeness (QED) is 0.320. The van der Waals surface area contributed by atoms with Crippen molar-refractivity contribution >= 4 is 40.6 Å². The molecule has 4 aliphatic rings. The fourth-order valence-corrected chi connectivity index (χ4v) is 6.60. The monoisotopic (exact) mass is 472 g/mol. The predicted molar refractivity (Wildman–Crippen MR) is 124 cm³/mol. The first-order valence-corrected chi connectivity index (χ1v) is 11.2. The average molecular weight is 473 g/mol. The Hall–Kier alpha value is -3.84. The molecule has 2 bridgehead atoms. The van der Waals surface area contributed by atoms with Gasteiger partial charge < -0.3 is 0 Å². The van der Waals surface area contributed by atoms with E-state index in [1.807, 2.05) is 48.5 Å². The zero-order chi connectivity index (χ0) is 23.9. The number of nitrogens with zero attached hydrogens (tertiary/aromatic N) is 2. The number of hydrogen-bond acceptors (Lipinski definition) is 5. The molecule has 1 saturated heterocycles. The third-order valence-electron chi connectivity index (χ3n) is 7.55. The van der Waals surface area contributed by atoms with E-state index < -0.39 is 39.9 Å². The van der Waals surface area contributed by atoms with Crippen molar-refractivity contribution in [1.82, 2.24) is 0 Å². The molecule has 0 unspecified atom stereocenters. The van der Waals surface area contributed by atoms with E-state index in [-0.39, 0.29) is 22.2 Å². The Morgan fingerprint density at radius 3 is 2.12 bits per heavy atom. The SMILES string of the molecule is CC(=O)C12c3ccccc3C(c3ccccc31)[C@H]1C(=O)N(c3cc([N+](=O)[O-])ccc3Cl)C(=O)[C@H]12. The Morgan fingerprint density at radius 1 is 0.971 bits per heavy atom. The van der Waals surface area contributed by atoms with Crippen molar-refractivity contribution in [2.45, 2.75) is 18.3 Å². The third kappa shape index (κ3) is 2.29. The highest BCUT2D eigenvalue weighted by Crippen LogP contribution is 2.64. The van der Waals surface area contributed by atoms with Gasteiger partial charge in [0.2, 0.25) is 11.8 Å². The van der Waals surface area contributed by atoms with Crippen LogP contribution in [0.1, 0.15) is 35.1 Å². The highest BCUT2D eigenvalue weighted by atomic mass is 35.5. The van der Waals surface area contributed by atoms with Gasteiger partial charge in [0.1, 0.15) is 5.78 Å². The van der Waals surface area contributed by atoms with Crippen LogP contribution in [0.25, 0.3) is 0 Å². The maximum absolute atomic E-state index is 14.0. The molecule has 2 atom stereocenters. The Labute approximate surface area is 199 Å². The molecule has 0 N–H and O–H groups in total. The molecular weight excluding hydrogens is 456 g/mol. The molecule has 0 aromatic heterocycles. The highest BCUT2D eigenvalue weighted by Gasteiger charge is 2.70. The number of non-ortho nitro benzene ring substituents is 1. The summed E-state index contributed by atoms with van der Waals surface area (Å²) >= 11 is 6.34. The highest BCUT2D eigenvalue weighted by molar-refractivity contribution is 6.36. The molecule has 0 saturated carbocycles. The molecular formula is C26H17ClN2O5. The Bertz CT molecular complexity index is 1420. The smallest absolute Gasteiger partial charge is 0.271 e. The predicted octanol–water partition coefficient (Wildman–Crippen LogP) is 4.39. The minimum Gasteiger partial charge on any atom is -0.299 e. The van der Waals surface area contributed by atoms with Gasteiger partial charge in [0.05, 0.1) is 32.9 Å². The number of anilines is 1. The van der Waals surface area contributed by atoms with Gasteiger partial charge in [0.25, 0.3) is 5.69 Å². The Balaban J connectivity index is 1.65. The molecule has 0 spiro atoms. The lowest BCUT2D eigenvalue weighted by Gasteiger charge is -2.52. The molecule has 2 amide bonds. The Morgan fingerprint density at radius 2 is 1.56 bits per heavy atom. The average Bonchev–Trinajstić information content (AvgIpc) is 3.10. The fourth-order valence-electron chi connectivity index (χ4n) is 6.39. The first kappa shape index (κ1) is 20.7. The second-order valence-corrected chi connectivity index (χ2v) is 9.33. The minimum absolute atomic E-state index is 0.0357. The number of ketones is 1. The zero-order valence-electron chi connectivity index (χ0n) is 17.9. The molecule has 1 aliphatic heterocycles. The fraction of sp³-hybridized carbons (Fsp3) is 0.192. The third-order valence-corrected chi connectivity index (χ3v) is 7.87. The van der Waals surface area contributed by atoms with Crippen molar-refractivity contribution in [1.29, 1.82) is 0 Å². The van der Waals surface area contributed by atoms with Crippen LogP contribution in [-0.4, -0.2) is 22.5 Å². The van der Waals surface area contributed by atoms with Crippen LogP contribution in [0.15, 0.2) is 66.7 Å². The number of nitro benzene ring substituents is 1. The lowest BCUT2D eigenvalue weighted by atomic mass is 9.46. The van der Waals surface area contributed by atoms with E-state index in [9.17, 15) is 24.5 Å². The van der Waals surface area contributed by atoms with Crippen molar-refractivity contribution in [2.75, 3.05) is 4.90 Å². The standard InChI is InChI=1S/C26H17ClN2O5/c1-13(30)26-17-8-4-2-6-15(17)21(16-7-3-5-9-18(16)26)22-23(26)25(32)28(24(22)31)20-12-14(29(33)34)10-11-19(20)27/h2-12,21-23H,1H3/t21?,22-,23+,26?/m1/s1. The number of carbonyl (C=O) groups is 3. The molecule has 1 heterocycles. The second-order valence-electron chi connectivity index (χ2n) is 8.92. The molecule has 3 aromatic carbocycles. The van der Waals surface area contributed by atoms with Gasteiger partial charge in [-0.2, -0.15) is 0 Å². The summed E-state index contributed by atoms with van der Waals surface area (Å²) in [5, 5.41) is 11.4. The normalized spacial score (nSPS) is 26.2. The van der Waals surface area contributed by atoms with Gasteiger partial charge >= 0.3 is 0 Å². The lowest BCUT2D eigenvalue weighted by molar-refractivity contribution is -0.384. The van der Waals surface area contributed by atoms with Crippen LogP contribution in [0.3, 0.4) is 0 Å². The van der Waals surface area contributed by atoms with Crippen molar-refractivity contribution in [2.24, 2.45) is 11.8 Å². The maximum Gasteiger partial charge on any atom is 0.271 e. The van der Waals surface area contributed by atoms with E-state index in [4.69, 9.17) is 11.6 Å². The number of benzene rings is 3. The summed E-state index contributed by atoms with van der Waals surface area (Å²) in [5.41, 5.74) is 1.52. The van der Waals surface area contributed by atoms with Crippen LogP contribution in [0, 0.1) is 22.0 Å². The van der Waals surface area contributed by atoms with Gasteiger partial charge in [-0.3, -0.25) is 24.5 Å². The first-order valence-electron chi connectivity index (χ1n) is 10.8. The van der Waals surface area contributed by atoms with E-state index in [0.717, 1.165) is 33.2 Å². The summed E-state index contributed by atoms with van der Waals surface area (Å²) in [6.45, 7) is 1.46. The molecule has 8 heteroatoms. The Kier molecular flexibility index (Phi) is 4.17. The van der Waals surface area contributed by atoms with Gasteiger partial charge in [-0.25, -0.2) is 4.90 Å². The molecule has 168 valence electrons. The van der Waals surface area contributed by atoms with E-state index in [2.05, 4.69) is 0 Å². The number of amides is 2. The number of halogens is 1. The topological polar surface area (TPSA) is 97.6 Å². The number of Topliss-reactive ketones (excluding diaryl/α,β-unsaturated/α-hetero) is 1. The molecule has 1 fully saturated rings. The number of carbonyl (C=O) groups excluding carboxylic acids is 3. The lowest BCUT2D eigenvalue weighted by Crippen LogP contribution is -2.57. The van der Waals surface area contributed by atoms with Gasteiger partial charge in [0, 0.05) is 18.1 Å². The minimum atomic E-state index is -1.33. The number of rotatable bonds is 3. The van der Waals surface area contributed by atoms with Crippen LogP contribution >= 0.6 is 11.6 Å². The number of imide groups is 1. The zero-order valence-corrected chi connectivity index (χ0v) is 18.7. The van der Waals surface area contributed by atoms with Crippen LogP contribution in [0.2, 0.25) is 5.02 Å². The van der Waals surface area contributed by atoms with Gasteiger partial charge in [-0.1, -0.05) is 60.1 Å². The molecule has 0 radical (unpaired) electrons. The molecule has 7 nitrogen and oxygen atoms in total. The van der Waals surface area contributed by atoms with Crippen molar-refractivity contribution in [3.8, 4) is 0 Å². The molecule has 7 rings (SSSR count). The van der Waals surface area contributed by atoms with Crippen LogP contribution in [0.5, 0.6) is 0 Å². The summed E-state index contributed by atoms with van der Waals surface area (Å²) < 4.78 is 0. The first-order chi connectivity index (χ1) is 16.3. The largest absolute Gasteiger partial charge is 0.299 e. The van der Waals surface area contributed by atoms with Crippen molar-refractivity contribution < 1.29 is 19.3 Å². The molecule has 3 aliphatic carbocycles. The molecule has 34 heavy (non-hydrogen) atoms. The number of hydrogen-bond donors (Lipinski definition) is 0. The summed E-state index contributed by atoms with van der Waals surface area (Å²) in [6.07, 6.45) is 0. The summed E-state index contributed by atoms with van der Waals surface area (Å²) in [7, 11) is 0. The van der Waals surface area contributed by atoms with Crippen molar-refractivity contribution in [3.63, 3.8) is 0 Å². The van der Waals surface area contributed by atoms with Gasteiger partial charge in [-0.15, -0.1) is 0 Å².